The topological polar surface area (TPSA) is 78.6 Å². The molecule has 0 saturated heterocycles. The molecule has 0 amide bonds. The molecule has 0 bridgehead atoms. The van der Waals surface area contributed by atoms with Crippen LogP contribution in [0.15, 0.2) is 18.2 Å². The summed E-state index contributed by atoms with van der Waals surface area (Å²) >= 11 is 0. The molecule has 23 heavy (non-hydrogen) atoms. The van der Waals surface area contributed by atoms with Crippen molar-refractivity contribution >= 4 is 12.3 Å². The largest absolute Gasteiger partial charge is 0.493 e. The van der Waals surface area contributed by atoms with Gasteiger partial charge in [-0.15, -0.1) is 0 Å². The third-order valence-corrected chi connectivity index (χ3v) is 3.46. The van der Waals surface area contributed by atoms with Gasteiger partial charge in [0.15, 0.2) is 6.29 Å². The van der Waals surface area contributed by atoms with E-state index in [9.17, 15) is 9.59 Å². The molecule has 128 valence electrons. The maximum atomic E-state index is 11.8. The molecule has 0 aromatic heterocycles. The van der Waals surface area contributed by atoms with Gasteiger partial charge in [0.25, 0.3) is 0 Å². The maximum Gasteiger partial charge on any atom is 0.323 e. The molecule has 0 unspecified atom stereocenters. The normalized spacial score (nSPS) is 11.8. The first-order valence-electron chi connectivity index (χ1n) is 8.25. The Morgan fingerprint density at radius 1 is 1.22 bits per heavy atom. The molecule has 0 heterocycles. The minimum atomic E-state index is -0.724. The number of esters is 1. The molecule has 5 nitrogen and oxygen atoms in total. The smallest absolute Gasteiger partial charge is 0.323 e. The number of aldehydes is 1. The minimum absolute atomic E-state index is 0.334. The van der Waals surface area contributed by atoms with E-state index in [2.05, 4.69) is 6.92 Å². The van der Waals surface area contributed by atoms with Gasteiger partial charge in [-0.2, -0.15) is 0 Å². The molecule has 0 fully saturated rings. The zero-order valence-corrected chi connectivity index (χ0v) is 14.0. The van der Waals surface area contributed by atoms with Crippen molar-refractivity contribution in [1.82, 2.24) is 0 Å². The van der Waals surface area contributed by atoms with Gasteiger partial charge in [-0.25, -0.2) is 0 Å². The van der Waals surface area contributed by atoms with Crippen LogP contribution in [0.25, 0.3) is 0 Å². The van der Waals surface area contributed by atoms with Gasteiger partial charge >= 0.3 is 5.97 Å². The summed E-state index contributed by atoms with van der Waals surface area (Å²) in [6, 6.07) is 4.57. The number of unbranched alkanes of at least 4 members (excludes halogenated alkanes) is 2. The lowest BCUT2D eigenvalue weighted by atomic mass is 10.0. The van der Waals surface area contributed by atoms with E-state index < -0.39 is 12.0 Å². The molecule has 0 radical (unpaired) electrons. The quantitative estimate of drug-likeness (QED) is 0.385. The fourth-order valence-electron chi connectivity index (χ4n) is 2.04. The first kappa shape index (κ1) is 19.2. The van der Waals surface area contributed by atoms with Gasteiger partial charge in [0.2, 0.25) is 0 Å². The molecule has 0 saturated carbocycles. The first-order chi connectivity index (χ1) is 11.1. The van der Waals surface area contributed by atoms with Crippen molar-refractivity contribution in [2.75, 3.05) is 13.2 Å². The van der Waals surface area contributed by atoms with Gasteiger partial charge in [-0.05, 0) is 37.0 Å². The number of ether oxygens (including phenoxy) is 2. The van der Waals surface area contributed by atoms with Crippen molar-refractivity contribution < 1.29 is 19.1 Å². The molecule has 0 aliphatic heterocycles. The Balaban J connectivity index is 2.62. The van der Waals surface area contributed by atoms with Gasteiger partial charge < -0.3 is 15.2 Å². The first-order valence-corrected chi connectivity index (χ1v) is 8.25. The Bertz CT molecular complexity index is 502. The highest BCUT2D eigenvalue weighted by atomic mass is 16.5. The molecule has 1 atom stereocenters. The Morgan fingerprint density at radius 3 is 2.57 bits per heavy atom. The Kier molecular flexibility index (Phi) is 8.98. The van der Waals surface area contributed by atoms with Crippen LogP contribution < -0.4 is 10.5 Å². The van der Waals surface area contributed by atoms with Crippen molar-refractivity contribution in [1.29, 1.82) is 0 Å². The van der Waals surface area contributed by atoms with Crippen molar-refractivity contribution in [2.45, 2.75) is 52.0 Å². The number of carbonyl (C=O) groups is 2. The van der Waals surface area contributed by atoms with E-state index in [-0.39, 0.29) is 0 Å². The molecule has 0 aliphatic carbocycles. The molecule has 0 aliphatic rings. The molecule has 1 aromatic carbocycles. The van der Waals surface area contributed by atoms with Crippen LogP contribution in [0.1, 0.15) is 55.5 Å². The second-order valence-electron chi connectivity index (χ2n) is 5.52. The summed E-state index contributed by atoms with van der Waals surface area (Å²) < 4.78 is 10.7. The number of nitrogens with two attached hydrogens (primary N) is 1. The summed E-state index contributed by atoms with van der Waals surface area (Å²) in [7, 11) is 0. The zero-order valence-electron chi connectivity index (χ0n) is 14.0. The van der Waals surface area contributed by atoms with Gasteiger partial charge in [-0.1, -0.05) is 32.8 Å². The van der Waals surface area contributed by atoms with Gasteiger partial charge in [-0.3, -0.25) is 9.59 Å². The Hall–Kier alpha value is -1.88. The summed E-state index contributed by atoms with van der Waals surface area (Å²) in [6.45, 7) is 5.08. The molecule has 2 N–H and O–H groups in total. The van der Waals surface area contributed by atoms with Crippen LogP contribution in [0.5, 0.6) is 5.75 Å². The summed E-state index contributed by atoms with van der Waals surface area (Å²) in [6.07, 6.45) is 4.86. The van der Waals surface area contributed by atoms with Gasteiger partial charge in [0.05, 0.1) is 18.8 Å². The third-order valence-electron chi connectivity index (χ3n) is 3.46. The van der Waals surface area contributed by atoms with E-state index in [1.165, 1.54) is 0 Å². The summed E-state index contributed by atoms with van der Waals surface area (Å²) in [5.74, 6) is 0.158. The number of hydrogen-bond acceptors (Lipinski definition) is 5. The monoisotopic (exact) mass is 321 g/mol. The van der Waals surface area contributed by atoms with Crippen molar-refractivity contribution in [3.05, 3.63) is 29.3 Å². The van der Waals surface area contributed by atoms with Crippen LogP contribution in [0.3, 0.4) is 0 Å². The maximum absolute atomic E-state index is 11.8. The highest BCUT2D eigenvalue weighted by Gasteiger charge is 2.16. The Morgan fingerprint density at radius 2 is 1.91 bits per heavy atom. The molecule has 1 rings (SSSR count). The second-order valence-corrected chi connectivity index (χ2v) is 5.52. The Labute approximate surface area is 138 Å². The van der Waals surface area contributed by atoms with E-state index in [0.29, 0.717) is 30.9 Å². The zero-order chi connectivity index (χ0) is 17.1. The van der Waals surface area contributed by atoms with Crippen LogP contribution >= 0.6 is 0 Å². The van der Waals surface area contributed by atoms with Crippen LogP contribution in [0.2, 0.25) is 0 Å². The van der Waals surface area contributed by atoms with Crippen LogP contribution in [0.4, 0.5) is 0 Å². The molecule has 0 spiro atoms. The lowest BCUT2D eigenvalue weighted by molar-refractivity contribution is -0.145. The fraction of sp³-hybridized carbons (Fsp3) is 0.556. The number of benzene rings is 1. The highest BCUT2D eigenvalue weighted by Crippen LogP contribution is 2.20. The number of rotatable bonds is 11. The van der Waals surface area contributed by atoms with Crippen molar-refractivity contribution in [3.63, 3.8) is 0 Å². The third kappa shape index (κ3) is 6.82. The number of carbonyl (C=O) groups excluding carboxylic acids is 2. The summed E-state index contributed by atoms with van der Waals surface area (Å²) in [5.41, 5.74) is 7.16. The lowest BCUT2D eigenvalue weighted by Gasteiger charge is -2.13. The van der Waals surface area contributed by atoms with Crippen LogP contribution in [-0.2, 0) is 16.0 Å². The van der Waals surface area contributed by atoms with Gasteiger partial charge in [0.1, 0.15) is 11.8 Å². The minimum Gasteiger partial charge on any atom is -0.493 e. The lowest BCUT2D eigenvalue weighted by Crippen LogP contribution is -2.34. The average Bonchev–Trinajstić information content (AvgIpc) is 2.56. The average molecular weight is 321 g/mol. The predicted octanol–water partition coefficient (Wildman–Crippen LogP) is 2.89. The highest BCUT2D eigenvalue weighted by molar-refractivity contribution is 5.80. The fourth-order valence-corrected chi connectivity index (χ4v) is 2.04. The summed E-state index contributed by atoms with van der Waals surface area (Å²) in [5, 5.41) is 0. The van der Waals surface area contributed by atoms with E-state index in [4.69, 9.17) is 15.2 Å². The summed E-state index contributed by atoms with van der Waals surface area (Å²) in [4.78, 5) is 23.0. The van der Waals surface area contributed by atoms with E-state index >= 15 is 0 Å². The van der Waals surface area contributed by atoms with E-state index in [1.54, 1.807) is 12.1 Å². The predicted molar refractivity (Wildman–Crippen MR) is 89.8 cm³/mol. The molecular formula is C18H27NO4. The van der Waals surface area contributed by atoms with Gasteiger partial charge in [0, 0.05) is 0 Å². The number of hydrogen-bond donors (Lipinski definition) is 1. The second kappa shape index (κ2) is 10.8. The molecular weight excluding hydrogens is 294 g/mol. The van der Waals surface area contributed by atoms with Crippen LogP contribution in [0, 0.1) is 0 Å². The van der Waals surface area contributed by atoms with E-state index in [0.717, 1.165) is 37.5 Å². The van der Waals surface area contributed by atoms with Crippen molar-refractivity contribution in [3.8, 4) is 5.75 Å². The standard InChI is InChI=1S/C18H27NO4/c1-3-5-9-22-17-8-7-14(11-15(17)13-20)12-16(19)18(21)23-10-6-4-2/h7-8,11,13,16H,3-6,9-10,12,19H2,1-2H3/t16-/m0/s1. The molecule has 1 aromatic rings. The molecule has 5 heteroatoms. The van der Waals surface area contributed by atoms with E-state index in [1.807, 2.05) is 13.0 Å². The van der Waals surface area contributed by atoms with Crippen LogP contribution in [-0.4, -0.2) is 31.5 Å². The SMILES string of the molecule is CCCCOC(=O)[C@@H](N)Cc1ccc(OCCCC)c(C=O)c1. The van der Waals surface area contributed by atoms with Crippen molar-refractivity contribution in [2.24, 2.45) is 5.73 Å².